The molecular weight excluding hydrogens is 304 g/mol. The molecule has 0 aliphatic carbocycles. The molecule has 0 aliphatic rings. The first-order valence-corrected chi connectivity index (χ1v) is 7.24. The van der Waals surface area contributed by atoms with Gasteiger partial charge in [-0.3, -0.25) is 4.79 Å². The zero-order valence-corrected chi connectivity index (χ0v) is 12.7. The summed E-state index contributed by atoms with van der Waals surface area (Å²) in [6.45, 7) is 0.267. The van der Waals surface area contributed by atoms with E-state index < -0.39 is 0 Å². The van der Waals surface area contributed by atoms with Crippen molar-refractivity contribution in [2.45, 2.75) is 6.54 Å². The number of hydrogen-bond acceptors (Lipinski definition) is 4. The molecule has 116 valence electrons. The van der Waals surface area contributed by atoms with Crippen molar-refractivity contribution in [3.63, 3.8) is 0 Å². The number of benzene rings is 1. The Bertz CT molecular complexity index is 607. The third-order valence-electron chi connectivity index (χ3n) is 3.03. The molecule has 0 fully saturated rings. The fourth-order valence-corrected chi connectivity index (χ4v) is 2.09. The lowest BCUT2D eigenvalue weighted by molar-refractivity contribution is -0.134. The molecule has 1 aromatic heterocycles. The molecule has 0 radical (unpaired) electrons. The number of aromatic nitrogens is 1. The van der Waals surface area contributed by atoms with Crippen LogP contribution in [0.1, 0.15) is 5.56 Å². The van der Waals surface area contributed by atoms with Crippen molar-refractivity contribution in [2.24, 2.45) is 0 Å². The van der Waals surface area contributed by atoms with Crippen LogP contribution in [0.2, 0.25) is 5.15 Å². The summed E-state index contributed by atoms with van der Waals surface area (Å²) in [5, 5.41) is 9.48. The first kappa shape index (κ1) is 16.3. The molecule has 0 unspecified atom stereocenters. The number of aliphatic hydroxyl groups excluding tert-OH is 1. The molecule has 0 saturated carbocycles. The molecule has 2 aromatic rings. The topological polar surface area (TPSA) is 62.7 Å². The highest BCUT2D eigenvalue weighted by Gasteiger charge is 2.16. The fraction of sp³-hybridized carbons (Fsp3) is 0.250. The van der Waals surface area contributed by atoms with E-state index in [4.69, 9.17) is 21.4 Å². The van der Waals surface area contributed by atoms with E-state index in [2.05, 4.69) is 4.98 Å². The minimum Gasteiger partial charge on any atom is -0.484 e. The number of ether oxygens (including phenoxy) is 1. The second-order valence-electron chi connectivity index (χ2n) is 4.59. The van der Waals surface area contributed by atoms with Crippen molar-refractivity contribution < 1.29 is 14.6 Å². The van der Waals surface area contributed by atoms with E-state index in [9.17, 15) is 4.79 Å². The smallest absolute Gasteiger partial charge is 0.260 e. The Balaban J connectivity index is 1.98. The second kappa shape index (κ2) is 8.36. The Morgan fingerprint density at radius 1 is 1.23 bits per heavy atom. The van der Waals surface area contributed by atoms with Crippen molar-refractivity contribution in [3.8, 4) is 5.75 Å². The first-order valence-electron chi connectivity index (χ1n) is 6.86. The Morgan fingerprint density at radius 3 is 2.68 bits per heavy atom. The van der Waals surface area contributed by atoms with Crippen molar-refractivity contribution in [2.75, 3.05) is 19.8 Å². The SMILES string of the molecule is O=C(COc1ccccc1)N(CCO)Cc1cccnc1Cl. The molecule has 6 heteroatoms. The Labute approximate surface area is 134 Å². The number of amides is 1. The summed E-state index contributed by atoms with van der Waals surface area (Å²) < 4.78 is 5.44. The summed E-state index contributed by atoms with van der Waals surface area (Å²) in [6.07, 6.45) is 1.59. The third-order valence-corrected chi connectivity index (χ3v) is 3.37. The number of aliphatic hydroxyl groups is 1. The average Bonchev–Trinajstić information content (AvgIpc) is 2.55. The number of nitrogens with zero attached hydrogens (tertiary/aromatic N) is 2. The summed E-state index contributed by atoms with van der Waals surface area (Å²) in [5.74, 6) is 0.400. The van der Waals surface area contributed by atoms with Crippen molar-refractivity contribution in [1.29, 1.82) is 0 Å². The fourth-order valence-electron chi connectivity index (χ4n) is 1.91. The zero-order valence-electron chi connectivity index (χ0n) is 12.0. The predicted octanol–water partition coefficient (Wildman–Crippen LogP) is 2.13. The van der Waals surface area contributed by atoms with Gasteiger partial charge < -0.3 is 14.7 Å². The molecular formula is C16H17ClN2O3. The minimum absolute atomic E-state index is 0.0953. The monoisotopic (exact) mass is 320 g/mol. The molecule has 0 saturated heterocycles. The summed E-state index contributed by atoms with van der Waals surface area (Å²) in [5.41, 5.74) is 0.727. The van der Waals surface area contributed by atoms with Gasteiger partial charge in [0.05, 0.1) is 6.61 Å². The van der Waals surface area contributed by atoms with Crippen LogP contribution in [0, 0.1) is 0 Å². The molecule has 1 N–H and O–H groups in total. The van der Waals surface area contributed by atoms with Gasteiger partial charge in [0, 0.05) is 24.8 Å². The quantitative estimate of drug-likeness (QED) is 0.794. The van der Waals surface area contributed by atoms with Crippen LogP contribution in [-0.2, 0) is 11.3 Å². The number of hydrogen-bond donors (Lipinski definition) is 1. The van der Waals surface area contributed by atoms with E-state index in [1.807, 2.05) is 18.2 Å². The minimum atomic E-state index is -0.224. The molecule has 5 nitrogen and oxygen atoms in total. The number of rotatable bonds is 7. The molecule has 1 heterocycles. The van der Waals surface area contributed by atoms with Gasteiger partial charge in [0.25, 0.3) is 5.91 Å². The molecule has 22 heavy (non-hydrogen) atoms. The zero-order chi connectivity index (χ0) is 15.8. The molecule has 0 atom stereocenters. The van der Waals surface area contributed by atoms with Crippen LogP contribution in [0.25, 0.3) is 0 Å². The first-order chi connectivity index (χ1) is 10.7. The van der Waals surface area contributed by atoms with Crippen molar-refractivity contribution in [3.05, 3.63) is 59.4 Å². The van der Waals surface area contributed by atoms with E-state index in [1.54, 1.807) is 30.5 Å². The molecule has 0 spiro atoms. The van der Waals surface area contributed by atoms with Gasteiger partial charge in [-0.1, -0.05) is 35.9 Å². The molecule has 2 rings (SSSR count). The van der Waals surface area contributed by atoms with E-state index >= 15 is 0 Å². The van der Waals surface area contributed by atoms with E-state index in [0.29, 0.717) is 10.9 Å². The van der Waals surface area contributed by atoms with Crippen molar-refractivity contribution >= 4 is 17.5 Å². The second-order valence-corrected chi connectivity index (χ2v) is 4.95. The van der Waals surface area contributed by atoms with Gasteiger partial charge in [-0.2, -0.15) is 0 Å². The Morgan fingerprint density at radius 2 is 2.00 bits per heavy atom. The van der Waals surface area contributed by atoms with Crippen LogP contribution >= 0.6 is 11.6 Å². The Kier molecular flexibility index (Phi) is 6.18. The van der Waals surface area contributed by atoms with Crippen LogP contribution in [0.4, 0.5) is 0 Å². The number of halogens is 1. The van der Waals surface area contributed by atoms with Crippen LogP contribution < -0.4 is 4.74 Å². The summed E-state index contributed by atoms with van der Waals surface area (Å²) in [7, 11) is 0. The number of carbonyl (C=O) groups excluding carboxylic acids is 1. The van der Waals surface area contributed by atoms with Gasteiger partial charge in [0.15, 0.2) is 6.61 Å². The highest BCUT2D eigenvalue weighted by molar-refractivity contribution is 6.30. The molecule has 0 aliphatic heterocycles. The van der Waals surface area contributed by atoms with Crippen molar-refractivity contribution in [1.82, 2.24) is 9.88 Å². The lowest BCUT2D eigenvalue weighted by Crippen LogP contribution is -2.36. The van der Waals surface area contributed by atoms with Gasteiger partial charge in [-0.25, -0.2) is 4.98 Å². The number of carbonyl (C=O) groups is 1. The van der Waals surface area contributed by atoms with Gasteiger partial charge in [0.1, 0.15) is 10.9 Å². The van der Waals surface area contributed by atoms with E-state index in [1.165, 1.54) is 4.90 Å². The number of pyridine rings is 1. The molecule has 1 aromatic carbocycles. The normalized spacial score (nSPS) is 10.3. The maximum Gasteiger partial charge on any atom is 0.260 e. The lowest BCUT2D eigenvalue weighted by Gasteiger charge is -2.22. The maximum absolute atomic E-state index is 12.2. The van der Waals surface area contributed by atoms with Gasteiger partial charge in [-0.15, -0.1) is 0 Å². The standard InChI is InChI=1S/C16H17ClN2O3/c17-16-13(5-4-8-18-16)11-19(9-10-20)15(21)12-22-14-6-2-1-3-7-14/h1-8,20H,9-12H2. The van der Waals surface area contributed by atoms with Crippen LogP contribution in [-0.4, -0.2) is 40.7 Å². The summed E-state index contributed by atoms with van der Waals surface area (Å²) >= 11 is 6.00. The molecule has 0 bridgehead atoms. The van der Waals surface area contributed by atoms with E-state index in [-0.39, 0.29) is 32.2 Å². The van der Waals surface area contributed by atoms with Crippen LogP contribution in [0.5, 0.6) is 5.75 Å². The van der Waals surface area contributed by atoms with E-state index in [0.717, 1.165) is 5.56 Å². The van der Waals surface area contributed by atoms with Gasteiger partial charge in [0.2, 0.25) is 0 Å². The average molecular weight is 321 g/mol. The van der Waals surface area contributed by atoms with Gasteiger partial charge >= 0.3 is 0 Å². The van der Waals surface area contributed by atoms with Crippen LogP contribution in [0.15, 0.2) is 48.7 Å². The largest absolute Gasteiger partial charge is 0.484 e. The highest BCUT2D eigenvalue weighted by atomic mass is 35.5. The predicted molar refractivity (Wildman–Crippen MR) is 83.7 cm³/mol. The Hall–Kier alpha value is -2.11. The highest BCUT2D eigenvalue weighted by Crippen LogP contribution is 2.15. The maximum atomic E-state index is 12.2. The third kappa shape index (κ3) is 4.72. The summed E-state index contributed by atoms with van der Waals surface area (Å²) in [4.78, 5) is 17.7. The molecule has 1 amide bonds. The number of para-hydroxylation sites is 1. The van der Waals surface area contributed by atoms with Crippen LogP contribution in [0.3, 0.4) is 0 Å². The lowest BCUT2D eigenvalue weighted by atomic mass is 10.2. The summed E-state index contributed by atoms with van der Waals surface area (Å²) in [6, 6.07) is 12.6. The van der Waals surface area contributed by atoms with Gasteiger partial charge in [-0.05, 0) is 18.2 Å².